The number of amides is 1. The number of carbonyl (C=O) groups is 2. The standard InChI is InChI=1S/C20H23N4O3.H2O/c1-12(2)20(3)10-16-13(8-17(20)25)14(22(4)5)9-15-18-21-6-7-23(18)11-24(15,16)19(26)27;/h6-8,10,12,14H,11H2,1-5H3;1H2/q+1;/p+1. The summed E-state index contributed by atoms with van der Waals surface area (Å²) in [5, 5.41) is 10.3. The van der Waals surface area contributed by atoms with Crippen molar-refractivity contribution < 1.29 is 24.7 Å². The summed E-state index contributed by atoms with van der Waals surface area (Å²) in [6.45, 7) is 6.07. The normalized spacial score (nSPS) is 30.5. The number of ketones is 1. The van der Waals surface area contributed by atoms with Crippen LogP contribution in [0.25, 0.3) is 5.70 Å². The molecule has 0 aromatic carbocycles. The Bertz CT molecular complexity index is 955. The van der Waals surface area contributed by atoms with Crippen molar-refractivity contribution in [2.24, 2.45) is 11.3 Å². The minimum atomic E-state index is -0.988. The van der Waals surface area contributed by atoms with Gasteiger partial charge in [0.2, 0.25) is 6.67 Å². The maximum atomic E-state index is 13.0. The fourth-order valence-electron chi connectivity index (χ4n) is 4.17. The average molecular weight is 386 g/mol. The number of allylic oxidation sites excluding steroid dienone is 2. The molecular formula is C20H26N4O4+2. The lowest BCUT2D eigenvalue weighted by Gasteiger charge is -2.39. The van der Waals surface area contributed by atoms with Gasteiger partial charge in [0.05, 0.1) is 23.4 Å². The van der Waals surface area contributed by atoms with Gasteiger partial charge in [-0.05, 0) is 39.1 Å². The van der Waals surface area contributed by atoms with Crippen LogP contribution in [0.5, 0.6) is 0 Å². The second-order valence-corrected chi connectivity index (χ2v) is 8.24. The van der Waals surface area contributed by atoms with Crippen molar-refractivity contribution in [2.45, 2.75) is 33.5 Å². The number of carboxylic acid groups (broad SMARTS) is 1. The second kappa shape index (κ2) is 6.18. The Labute approximate surface area is 164 Å². The van der Waals surface area contributed by atoms with Gasteiger partial charge in [0, 0.05) is 0 Å². The zero-order valence-electron chi connectivity index (χ0n) is 16.7. The number of quaternary nitrogens is 1. The number of hydrogen-bond acceptors (Lipinski definition) is 4. The van der Waals surface area contributed by atoms with Crippen LogP contribution in [0.2, 0.25) is 0 Å². The molecule has 0 saturated heterocycles. The van der Waals surface area contributed by atoms with Crippen LogP contribution in [0.3, 0.4) is 0 Å². The van der Waals surface area contributed by atoms with Gasteiger partial charge in [-0.25, -0.2) is 0 Å². The number of imidazole rings is 1. The molecule has 3 aliphatic rings. The highest BCUT2D eigenvalue weighted by atomic mass is 16.4. The number of hydrogen-bond donors (Lipinski definition) is 1. The van der Waals surface area contributed by atoms with Gasteiger partial charge in [-0.2, -0.15) is 9.36 Å². The zero-order chi connectivity index (χ0) is 19.7. The zero-order valence-corrected chi connectivity index (χ0v) is 16.7. The highest BCUT2D eigenvalue weighted by molar-refractivity contribution is 5.99. The molecule has 28 heavy (non-hydrogen) atoms. The quantitative estimate of drug-likeness (QED) is 0.614. The van der Waals surface area contributed by atoms with Crippen molar-refractivity contribution in [3.8, 4) is 0 Å². The Morgan fingerprint density at radius 2 is 2.14 bits per heavy atom. The molecule has 1 aromatic heterocycles. The van der Waals surface area contributed by atoms with Crippen molar-refractivity contribution in [3.63, 3.8) is 0 Å². The van der Waals surface area contributed by atoms with Crippen molar-refractivity contribution in [2.75, 3.05) is 14.1 Å². The Morgan fingerprint density at radius 3 is 2.71 bits per heavy atom. The van der Waals surface area contributed by atoms with Crippen molar-refractivity contribution in [3.05, 3.63) is 47.7 Å². The van der Waals surface area contributed by atoms with E-state index in [1.54, 1.807) is 18.5 Å². The van der Waals surface area contributed by atoms with Crippen LogP contribution in [0.4, 0.5) is 4.79 Å². The molecule has 3 heterocycles. The van der Waals surface area contributed by atoms with Gasteiger partial charge in [-0.3, -0.25) is 9.69 Å². The number of fused-ring (bicyclic) bond motifs is 5. The summed E-state index contributed by atoms with van der Waals surface area (Å²) in [5.74, 6) is 0.668. The van der Waals surface area contributed by atoms with Crippen LogP contribution in [0.1, 0.15) is 26.6 Å². The van der Waals surface area contributed by atoms with Crippen LogP contribution in [-0.4, -0.2) is 61.5 Å². The maximum absolute atomic E-state index is 13.0. The first-order valence-electron chi connectivity index (χ1n) is 9.06. The van der Waals surface area contributed by atoms with Crippen LogP contribution in [0, 0.1) is 17.4 Å². The smallest absolute Gasteiger partial charge is 0.435 e. The Morgan fingerprint density at radius 1 is 1.46 bits per heavy atom. The van der Waals surface area contributed by atoms with Gasteiger partial charge >= 0.3 is 17.6 Å². The molecule has 3 atom stereocenters. The lowest BCUT2D eigenvalue weighted by Crippen LogP contribution is -2.54. The summed E-state index contributed by atoms with van der Waals surface area (Å²) in [6, 6.07) is -0.305. The molecular weight excluding hydrogens is 360 g/mol. The number of likely N-dealkylation sites (N-methyl/N-ethyl adjacent to an activating group) is 1. The minimum Gasteiger partial charge on any atom is -0.435 e. The average Bonchev–Trinajstić information content (AvgIpc) is 3.14. The van der Waals surface area contributed by atoms with Crippen LogP contribution >= 0.6 is 0 Å². The van der Waals surface area contributed by atoms with E-state index in [0.29, 0.717) is 22.8 Å². The Balaban J connectivity index is 0.00000225. The lowest BCUT2D eigenvalue weighted by atomic mass is 9.69. The van der Waals surface area contributed by atoms with E-state index in [0.717, 1.165) is 0 Å². The van der Waals surface area contributed by atoms with Gasteiger partial charge in [0.15, 0.2) is 23.6 Å². The van der Waals surface area contributed by atoms with Gasteiger partial charge in [-0.1, -0.05) is 18.3 Å². The highest BCUT2D eigenvalue weighted by Crippen LogP contribution is 2.51. The van der Waals surface area contributed by atoms with E-state index in [9.17, 15) is 14.7 Å². The lowest BCUT2D eigenvalue weighted by molar-refractivity contribution is -0.762. The molecule has 8 heteroatoms. The number of carbonyl (C=O) groups excluding carboxylic acids is 1. The first kappa shape index (κ1) is 20.1. The largest absolute Gasteiger partial charge is 0.529 e. The Kier molecular flexibility index (Phi) is 4.44. The van der Waals surface area contributed by atoms with E-state index in [4.69, 9.17) is 0 Å². The topological polar surface area (TPSA) is 107 Å². The molecule has 0 saturated carbocycles. The molecule has 3 unspecified atom stereocenters. The predicted octanol–water partition coefficient (Wildman–Crippen LogP) is 1.67. The van der Waals surface area contributed by atoms with E-state index in [1.165, 1.54) is 0 Å². The number of rotatable bonds is 2. The molecule has 0 fully saturated rings. The fourth-order valence-corrected chi connectivity index (χ4v) is 4.17. The molecule has 2 aliphatic heterocycles. The third-order valence-electron chi connectivity index (χ3n) is 6.24. The summed E-state index contributed by atoms with van der Waals surface area (Å²) in [4.78, 5) is 31.9. The van der Waals surface area contributed by atoms with Crippen LogP contribution in [-0.2, 0) is 11.5 Å². The summed E-state index contributed by atoms with van der Waals surface area (Å²) < 4.78 is 1.45. The van der Waals surface area contributed by atoms with Crippen LogP contribution < -0.4 is 0 Å². The third kappa shape index (κ3) is 2.29. The van der Waals surface area contributed by atoms with E-state index >= 15 is 0 Å². The molecule has 3 N–H and O–H groups in total. The third-order valence-corrected chi connectivity index (χ3v) is 6.24. The predicted molar refractivity (Wildman–Crippen MR) is 102 cm³/mol. The molecule has 4 rings (SSSR count). The molecule has 8 nitrogen and oxygen atoms in total. The SMILES string of the molecule is CC(C)C1(C)C=C2C(=CC1=O)C(N(C)C)[C+]=C1c3nccn3C[N+]12C(=O)O.O. The molecule has 1 amide bonds. The van der Waals surface area contributed by atoms with Crippen molar-refractivity contribution in [1.82, 2.24) is 14.5 Å². The molecule has 1 aliphatic carbocycles. The minimum absolute atomic E-state index is 0. The van der Waals surface area contributed by atoms with E-state index in [2.05, 4.69) is 11.1 Å². The summed E-state index contributed by atoms with van der Waals surface area (Å²) in [5.41, 5.74) is 1.15. The van der Waals surface area contributed by atoms with Crippen LogP contribution in [0.15, 0.2) is 35.8 Å². The molecule has 0 radical (unpaired) electrons. The van der Waals surface area contributed by atoms with Crippen molar-refractivity contribution >= 4 is 17.6 Å². The number of aromatic nitrogens is 2. The summed E-state index contributed by atoms with van der Waals surface area (Å²) in [7, 11) is 3.80. The maximum Gasteiger partial charge on any atom is 0.529 e. The first-order valence-corrected chi connectivity index (χ1v) is 9.06. The van der Waals surface area contributed by atoms with E-state index < -0.39 is 16.0 Å². The van der Waals surface area contributed by atoms with E-state index in [1.807, 2.05) is 50.4 Å². The van der Waals surface area contributed by atoms with Crippen molar-refractivity contribution in [1.29, 1.82) is 0 Å². The molecule has 1 aromatic rings. The highest BCUT2D eigenvalue weighted by Gasteiger charge is 2.66. The van der Waals surface area contributed by atoms with Gasteiger partial charge in [0.25, 0.3) is 0 Å². The van der Waals surface area contributed by atoms with Gasteiger partial charge in [-0.15, -0.1) is 4.98 Å². The van der Waals surface area contributed by atoms with Gasteiger partial charge in [0.1, 0.15) is 0 Å². The summed E-state index contributed by atoms with van der Waals surface area (Å²) in [6.07, 6.45) is 9.33. The van der Waals surface area contributed by atoms with E-state index in [-0.39, 0.29) is 29.9 Å². The monoisotopic (exact) mass is 386 g/mol. The molecule has 148 valence electrons. The fraction of sp³-hybridized carbons (Fsp3) is 0.450. The number of nitrogens with zero attached hydrogens (tertiary/aromatic N) is 4. The second-order valence-electron chi connectivity index (χ2n) is 8.24. The molecule has 0 bridgehead atoms. The Hall–Kier alpha value is -2.64. The summed E-state index contributed by atoms with van der Waals surface area (Å²) >= 11 is 0. The first-order chi connectivity index (χ1) is 12.6. The van der Waals surface area contributed by atoms with Gasteiger partial charge < -0.3 is 10.6 Å². The molecule has 0 spiro atoms.